The van der Waals surface area contributed by atoms with Crippen LogP contribution in [0.15, 0.2) is 42.5 Å². The smallest absolute Gasteiger partial charge is 0.347 e. The summed E-state index contributed by atoms with van der Waals surface area (Å²) in [6.07, 6.45) is -0.841. The van der Waals surface area contributed by atoms with Gasteiger partial charge in [-0.05, 0) is 44.2 Å². The van der Waals surface area contributed by atoms with Crippen LogP contribution < -0.4 is 14.8 Å². The van der Waals surface area contributed by atoms with E-state index in [2.05, 4.69) is 5.32 Å². The molecule has 0 aliphatic carbocycles. The highest BCUT2D eigenvalue weighted by atomic mass is 35.5. The Hall–Kier alpha value is -2.73. The minimum absolute atomic E-state index is 0.394. The largest absolute Gasteiger partial charge is 0.495 e. The number of rotatable bonds is 7. The van der Waals surface area contributed by atoms with E-state index >= 15 is 0 Å². The summed E-state index contributed by atoms with van der Waals surface area (Å²) in [6.45, 7) is 3.06. The van der Waals surface area contributed by atoms with Crippen LogP contribution in [0.25, 0.3) is 0 Å². The summed E-state index contributed by atoms with van der Waals surface area (Å²) in [4.78, 5) is 24.0. The summed E-state index contributed by atoms with van der Waals surface area (Å²) in [5.74, 6) is -0.154. The second-order valence-electron chi connectivity index (χ2n) is 5.57. The molecule has 0 bridgehead atoms. The van der Waals surface area contributed by atoms with Gasteiger partial charge in [-0.25, -0.2) is 4.79 Å². The van der Waals surface area contributed by atoms with E-state index in [0.29, 0.717) is 22.2 Å². The monoisotopic (exact) mass is 377 g/mol. The van der Waals surface area contributed by atoms with Crippen molar-refractivity contribution in [2.45, 2.75) is 20.0 Å². The van der Waals surface area contributed by atoms with E-state index in [4.69, 9.17) is 25.8 Å². The molecule has 26 heavy (non-hydrogen) atoms. The van der Waals surface area contributed by atoms with Gasteiger partial charge in [-0.15, -0.1) is 0 Å². The van der Waals surface area contributed by atoms with Crippen molar-refractivity contribution in [3.63, 3.8) is 0 Å². The van der Waals surface area contributed by atoms with Gasteiger partial charge in [-0.2, -0.15) is 0 Å². The predicted octanol–water partition coefficient (Wildman–Crippen LogP) is 3.61. The highest BCUT2D eigenvalue weighted by molar-refractivity contribution is 6.31. The standard InChI is InChI=1S/C19H20ClNO5/c1-12-4-7-15(8-5-12)26-13(2)19(23)25-11-18(22)21-16-10-14(20)6-9-17(16)24-3/h4-10,13H,11H2,1-3H3,(H,21,22). The van der Waals surface area contributed by atoms with Crippen molar-refractivity contribution >= 4 is 29.2 Å². The molecule has 1 atom stereocenters. The van der Waals surface area contributed by atoms with Crippen molar-refractivity contribution in [2.75, 3.05) is 19.0 Å². The first-order chi connectivity index (χ1) is 12.4. The normalized spacial score (nSPS) is 11.4. The van der Waals surface area contributed by atoms with E-state index in [-0.39, 0.29) is 0 Å². The second-order valence-corrected chi connectivity index (χ2v) is 6.01. The van der Waals surface area contributed by atoms with Crippen molar-refractivity contribution in [3.05, 3.63) is 53.1 Å². The van der Waals surface area contributed by atoms with Gasteiger partial charge in [-0.3, -0.25) is 4.79 Å². The summed E-state index contributed by atoms with van der Waals surface area (Å²) in [7, 11) is 1.48. The molecule has 0 aliphatic heterocycles. The van der Waals surface area contributed by atoms with Crippen LogP contribution in [0.1, 0.15) is 12.5 Å². The zero-order chi connectivity index (χ0) is 19.1. The average Bonchev–Trinajstić information content (AvgIpc) is 2.61. The van der Waals surface area contributed by atoms with Crippen LogP contribution in [0.5, 0.6) is 11.5 Å². The van der Waals surface area contributed by atoms with Gasteiger partial charge >= 0.3 is 5.97 Å². The van der Waals surface area contributed by atoms with Crippen molar-refractivity contribution in [2.24, 2.45) is 0 Å². The van der Waals surface area contributed by atoms with Gasteiger partial charge in [0.2, 0.25) is 0 Å². The van der Waals surface area contributed by atoms with Gasteiger partial charge in [0.15, 0.2) is 12.7 Å². The van der Waals surface area contributed by atoms with E-state index in [9.17, 15) is 9.59 Å². The number of esters is 1. The van der Waals surface area contributed by atoms with E-state index in [1.165, 1.54) is 7.11 Å². The number of hydrogen-bond acceptors (Lipinski definition) is 5. The molecule has 0 radical (unpaired) electrons. The Morgan fingerprint density at radius 3 is 2.50 bits per heavy atom. The van der Waals surface area contributed by atoms with E-state index in [0.717, 1.165) is 5.56 Å². The molecule has 2 aromatic rings. The molecule has 2 rings (SSSR count). The Morgan fingerprint density at radius 1 is 1.15 bits per heavy atom. The third-order valence-corrected chi connectivity index (χ3v) is 3.68. The Bertz CT molecular complexity index is 776. The number of aryl methyl sites for hydroxylation is 1. The first-order valence-corrected chi connectivity index (χ1v) is 8.30. The fraction of sp³-hybridized carbons (Fsp3) is 0.263. The zero-order valence-corrected chi connectivity index (χ0v) is 15.5. The van der Waals surface area contributed by atoms with E-state index in [1.54, 1.807) is 37.3 Å². The summed E-state index contributed by atoms with van der Waals surface area (Å²) in [6, 6.07) is 12.1. The molecule has 0 aliphatic rings. The topological polar surface area (TPSA) is 73.9 Å². The second kappa shape index (κ2) is 9.10. The van der Waals surface area contributed by atoms with Crippen LogP contribution in [0, 0.1) is 6.92 Å². The minimum atomic E-state index is -0.841. The van der Waals surface area contributed by atoms with Crippen LogP contribution >= 0.6 is 11.6 Å². The van der Waals surface area contributed by atoms with Crippen molar-refractivity contribution < 1.29 is 23.8 Å². The number of nitrogens with one attached hydrogen (secondary N) is 1. The van der Waals surface area contributed by atoms with Crippen LogP contribution in [-0.2, 0) is 14.3 Å². The molecule has 0 aromatic heterocycles. The van der Waals surface area contributed by atoms with E-state index < -0.39 is 24.6 Å². The SMILES string of the molecule is COc1ccc(Cl)cc1NC(=O)COC(=O)C(C)Oc1ccc(C)cc1. The van der Waals surface area contributed by atoms with Crippen LogP contribution in [-0.4, -0.2) is 31.7 Å². The summed E-state index contributed by atoms with van der Waals surface area (Å²) in [5, 5.41) is 3.03. The van der Waals surface area contributed by atoms with Gasteiger partial charge < -0.3 is 19.5 Å². The Kier molecular flexibility index (Phi) is 6.86. The fourth-order valence-electron chi connectivity index (χ4n) is 2.09. The molecule has 6 nitrogen and oxygen atoms in total. The molecule has 2 aromatic carbocycles. The van der Waals surface area contributed by atoms with Gasteiger partial charge in [0, 0.05) is 5.02 Å². The molecule has 0 saturated heterocycles. The maximum atomic E-state index is 12.0. The number of anilines is 1. The number of hydrogen-bond donors (Lipinski definition) is 1. The van der Waals surface area contributed by atoms with Crippen molar-refractivity contribution in [1.82, 2.24) is 0 Å². The number of ether oxygens (including phenoxy) is 3. The number of carbonyl (C=O) groups is 2. The third-order valence-electron chi connectivity index (χ3n) is 3.45. The molecule has 0 heterocycles. The third kappa shape index (κ3) is 5.67. The highest BCUT2D eigenvalue weighted by Gasteiger charge is 2.18. The minimum Gasteiger partial charge on any atom is -0.495 e. The Labute approximate surface area is 157 Å². The average molecular weight is 378 g/mol. The Balaban J connectivity index is 1.85. The van der Waals surface area contributed by atoms with Crippen LogP contribution in [0.3, 0.4) is 0 Å². The molecule has 0 spiro atoms. The molecule has 0 saturated carbocycles. The lowest BCUT2D eigenvalue weighted by molar-refractivity contribution is -0.153. The number of methoxy groups -OCH3 is 1. The number of amides is 1. The maximum Gasteiger partial charge on any atom is 0.347 e. The van der Waals surface area contributed by atoms with Crippen molar-refractivity contribution in [3.8, 4) is 11.5 Å². The lowest BCUT2D eigenvalue weighted by Crippen LogP contribution is -2.29. The number of carbonyl (C=O) groups excluding carboxylic acids is 2. The molecule has 0 fully saturated rings. The van der Waals surface area contributed by atoms with Crippen molar-refractivity contribution in [1.29, 1.82) is 0 Å². The summed E-state index contributed by atoms with van der Waals surface area (Å²) < 4.78 is 15.6. The zero-order valence-electron chi connectivity index (χ0n) is 14.7. The molecule has 1 amide bonds. The fourth-order valence-corrected chi connectivity index (χ4v) is 2.26. The molecular formula is C19H20ClNO5. The molecule has 7 heteroatoms. The quantitative estimate of drug-likeness (QED) is 0.746. The van der Waals surface area contributed by atoms with Crippen LogP contribution in [0.2, 0.25) is 5.02 Å². The van der Waals surface area contributed by atoms with Gasteiger partial charge in [0.25, 0.3) is 5.91 Å². The van der Waals surface area contributed by atoms with E-state index in [1.807, 2.05) is 19.1 Å². The maximum absolute atomic E-state index is 12.0. The van der Waals surface area contributed by atoms with Gasteiger partial charge in [0.05, 0.1) is 12.8 Å². The molecule has 1 unspecified atom stereocenters. The molecular weight excluding hydrogens is 358 g/mol. The molecule has 1 N–H and O–H groups in total. The summed E-state index contributed by atoms with van der Waals surface area (Å²) in [5.41, 5.74) is 1.48. The lowest BCUT2D eigenvalue weighted by Gasteiger charge is -2.14. The van der Waals surface area contributed by atoms with Gasteiger partial charge in [-0.1, -0.05) is 29.3 Å². The lowest BCUT2D eigenvalue weighted by atomic mass is 10.2. The predicted molar refractivity (Wildman–Crippen MR) is 98.9 cm³/mol. The van der Waals surface area contributed by atoms with Gasteiger partial charge in [0.1, 0.15) is 11.5 Å². The first-order valence-electron chi connectivity index (χ1n) is 7.92. The summed E-state index contributed by atoms with van der Waals surface area (Å²) >= 11 is 5.90. The Morgan fingerprint density at radius 2 is 1.85 bits per heavy atom. The number of benzene rings is 2. The molecule has 138 valence electrons. The van der Waals surface area contributed by atoms with Crippen LogP contribution in [0.4, 0.5) is 5.69 Å². The first kappa shape index (κ1) is 19.6. The number of halogens is 1. The highest BCUT2D eigenvalue weighted by Crippen LogP contribution is 2.27.